The van der Waals surface area contributed by atoms with Gasteiger partial charge in [-0.15, -0.1) is 0 Å². The molecule has 1 aliphatic rings. The molecule has 0 atom stereocenters. The highest BCUT2D eigenvalue weighted by atomic mass is 35.5. The van der Waals surface area contributed by atoms with Crippen molar-refractivity contribution in [1.82, 2.24) is 9.47 Å². The fourth-order valence-corrected chi connectivity index (χ4v) is 4.20. The van der Waals surface area contributed by atoms with E-state index in [4.69, 9.17) is 11.6 Å². The van der Waals surface area contributed by atoms with Gasteiger partial charge in [0, 0.05) is 28.5 Å². The Morgan fingerprint density at radius 1 is 1.00 bits per heavy atom. The SMILES string of the molecule is O=C1S/C(=C/c2cccn2Cc2ccccc2[N+](=O)[O-])C(=O)N1Cc1ccc(Cl)cc1. The van der Waals surface area contributed by atoms with Gasteiger partial charge in [-0.05, 0) is 47.7 Å². The predicted octanol–water partition coefficient (Wildman–Crippen LogP) is 5.33. The molecule has 0 N–H and O–H groups in total. The summed E-state index contributed by atoms with van der Waals surface area (Å²) >= 11 is 6.76. The normalized spacial score (nSPS) is 15.1. The van der Waals surface area contributed by atoms with E-state index < -0.39 is 4.92 Å². The standard InChI is InChI=1S/C22H16ClN3O4S/c23-17-9-7-15(8-10-17)13-25-21(27)20(31-22(25)28)12-18-5-3-11-24(18)14-16-4-1-2-6-19(16)26(29)30/h1-12H,13-14H2/b20-12+. The number of halogens is 1. The van der Waals surface area contributed by atoms with Crippen molar-refractivity contribution in [1.29, 1.82) is 0 Å². The topological polar surface area (TPSA) is 85.5 Å². The first-order chi connectivity index (χ1) is 14.9. The zero-order valence-electron chi connectivity index (χ0n) is 16.1. The largest absolute Gasteiger partial charge is 0.343 e. The van der Waals surface area contributed by atoms with Crippen LogP contribution in [-0.2, 0) is 17.9 Å². The van der Waals surface area contributed by atoms with E-state index in [0.717, 1.165) is 17.3 Å². The molecule has 2 amide bonds. The van der Waals surface area contributed by atoms with Crippen LogP contribution in [0.3, 0.4) is 0 Å². The molecule has 31 heavy (non-hydrogen) atoms. The molecule has 2 aromatic carbocycles. The van der Waals surface area contributed by atoms with Crippen LogP contribution in [0, 0.1) is 10.1 Å². The number of carbonyl (C=O) groups is 2. The zero-order valence-corrected chi connectivity index (χ0v) is 17.7. The first kappa shape index (κ1) is 20.9. The third kappa shape index (κ3) is 4.55. The lowest BCUT2D eigenvalue weighted by Gasteiger charge is -2.12. The minimum absolute atomic E-state index is 0.0328. The van der Waals surface area contributed by atoms with Gasteiger partial charge in [-0.25, -0.2) is 0 Å². The van der Waals surface area contributed by atoms with Crippen molar-refractivity contribution in [3.63, 3.8) is 0 Å². The van der Waals surface area contributed by atoms with E-state index in [1.165, 1.54) is 11.0 Å². The van der Waals surface area contributed by atoms with Crippen molar-refractivity contribution in [3.8, 4) is 0 Å². The van der Waals surface area contributed by atoms with Crippen LogP contribution in [0.5, 0.6) is 0 Å². The number of nitrogens with zero attached hydrogens (tertiary/aromatic N) is 3. The maximum atomic E-state index is 12.8. The second-order valence-corrected chi connectivity index (χ2v) is 8.27. The Balaban J connectivity index is 1.56. The Morgan fingerprint density at radius 2 is 1.74 bits per heavy atom. The number of carbonyl (C=O) groups excluding carboxylic acids is 2. The third-order valence-electron chi connectivity index (χ3n) is 4.80. The summed E-state index contributed by atoms with van der Waals surface area (Å²) in [5.41, 5.74) is 2.06. The number of aromatic nitrogens is 1. The van der Waals surface area contributed by atoms with E-state index in [-0.39, 0.29) is 29.9 Å². The maximum Gasteiger partial charge on any atom is 0.293 e. The molecule has 0 aliphatic carbocycles. The number of hydrogen-bond acceptors (Lipinski definition) is 5. The lowest BCUT2D eigenvalue weighted by molar-refractivity contribution is -0.385. The van der Waals surface area contributed by atoms with Crippen molar-refractivity contribution in [2.75, 3.05) is 0 Å². The number of nitro benzene ring substituents is 1. The summed E-state index contributed by atoms with van der Waals surface area (Å²) in [5.74, 6) is -0.372. The molecule has 0 radical (unpaired) electrons. The van der Waals surface area contributed by atoms with Crippen molar-refractivity contribution in [2.45, 2.75) is 13.1 Å². The van der Waals surface area contributed by atoms with Gasteiger partial charge >= 0.3 is 0 Å². The van der Waals surface area contributed by atoms with E-state index in [0.29, 0.717) is 21.2 Å². The van der Waals surface area contributed by atoms with Gasteiger partial charge in [0.05, 0.1) is 22.9 Å². The van der Waals surface area contributed by atoms with Gasteiger partial charge in [-0.2, -0.15) is 0 Å². The number of thioether (sulfide) groups is 1. The molecule has 4 rings (SSSR count). The predicted molar refractivity (Wildman–Crippen MR) is 120 cm³/mol. The zero-order chi connectivity index (χ0) is 22.0. The van der Waals surface area contributed by atoms with E-state index in [2.05, 4.69) is 0 Å². The average Bonchev–Trinajstić information content (AvgIpc) is 3.29. The molecule has 0 bridgehead atoms. The number of imide groups is 1. The molecule has 0 spiro atoms. The fourth-order valence-electron chi connectivity index (χ4n) is 3.25. The molecule has 7 nitrogen and oxygen atoms in total. The molecule has 1 aromatic heterocycles. The van der Waals surface area contributed by atoms with Crippen LogP contribution < -0.4 is 0 Å². The highest BCUT2D eigenvalue weighted by molar-refractivity contribution is 8.18. The minimum Gasteiger partial charge on any atom is -0.343 e. The molecule has 9 heteroatoms. The van der Waals surface area contributed by atoms with Gasteiger partial charge in [0.25, 0.3) is 16.8 Å². The minimum atomic E-state index is -0.416. The van der Waals surface area contributed by atoms with E-state index in [1.54, 1.807) is 71.4 Å². The summed E-state index contributed by atoms with van der Waals surface area (Å²) in [4.78, 5) is 37.6. The molecule has 156 valence electrons. The lowest BCUT2D eigenvalue weighted by atomic mass is 10.2. The lowest BCUT2D eigenvalue weighted by Crippen LogP contribution is -2.27. The van der Waals surface area contributed by atoms with Crippen LogP contribution in [0.15, 0.2) is 71.8 Å². The summed E-state index contributed by atoms with van der Waals surface area (Å²) in [7, 11) is 0. The number of amides is 2. The van der Waals surface area contributed by atoms with Crippen LogP contribution in [0.2, 0.25) is 5.02 Å². The highest BCUT2D eigenvalue weighted by Gasteiger charge is 2.35. The Bertz CT molecular complexity index is 1200. The Hall–Kier alpha value is -3.36. The smallest absolute Gasteiger partial charge is 0.293 e. The Labute approximate surface area is 187 Å². The molecule has 1 saturated heterocycles. The third-order valence-corrected chi connectivity index (χ3v) is 5.96. The summed E-state index contributed by atoms with van der Waals surface area (Å²) < 4.78 is 1.80. The molecule has 0 saturated carbocycles. The molecule has 1 aliphatic heterocycles. The van der Waals surface area contributed by atoms with E-state index in [9.17, 15) is 19.7 Å². The number of rotatable bonds is 6. The maximum absolute atomic E-state index is 12.8. The molecule has 0 unspecified atom stereocenters. The summed E-state index contributed by atoms with van der Waals surface area (Å²) in [6.07, 6.45) is 3.42. The van der Waals surface area contributed by atoms with Crippen LogP contribution in [0.4, 0.5) is 10.5 Å². The molecular formula is C22H16ClN3O4S. The summed E-state index contributed by atoms with van der Waals surface area (Å²) in [6.45, 7) is 0.432. The second-order valence-electron chi connectivity index (χ2n) is 6.84. The van der Waals surface area contributed by atoms with Crippen LogP contribution in [-0.4, -0.2) is 25.5 Å². The molecule has 3 aromatic rings. The Kier molecular flexibility index (Phi) is 5.92. The molecule has 2 heterocycles. The van der Waals surface area contributed by atoms with E-state index >= 15 is 0 Å². The first-order valence-electron chi connectivity index (χ1n) is 9.29. The quantitative estimate of drug-likeness (QED) is 0.286. The van der Waals surface area contributed by atoms with Gasteiger partial charge in [0.1, 0.15) is 0 Å². The molecule has 1 fully saturated rings. The fraction of sp³-hybridized carbons (Fsp3) is 0.0909. The van der Waals surface area contributed by atoms with Crippen LogP contribution in [0.25, 0.3) is 6.08 Å². The van der Waals surface area contributed by atoms with Crippen molar-refractivity contribution < 1.29 is 14.5 Å². The van der Waals surface area contributed by atoms with Gasteiger partial charge < -0.3 is 4.57 Å². The average molecular weight is 454 g/mol. The number of para-hydroxylation sites is 1. The number of hydrogen-bond donors (Lipinski definition) is 0. The molecular weight excluding hydrogens is 438 g/mol. The van der Waals surface area contributed by atoms with Gasteiger partial charge in [0.2, 0.25) is 0 Å². The highest BCUT2D eigenvalue weighted by Crippen LogP contribution is 2.33. The Morgan fingerprint density at radius 3 is 2.48 bits per heavy atom. The number of benzene rings is 2. The van der Waals surface area contributed by atoms with Crippen molar-refractivity contribution >= 4 is 46.3 Å². The van der Waals surface area contributed by atoms with E-state index in [1.807, 2.05) is 0 Å². The second kappa shape index (κ2) is 8.79. The van der Waals surface area contributed by atoms with Crippen molar-refractivity contribution in [2.24, 2.45) is 0 Å². The first-order valence-corrected chi connectivity index (χ1v) is 10.5. The van der Waals surface area contributed by atoms with Crippen LogP contribution >= 0.6 is 23.4 Å². The van der Waals surface area contributed by atoms with Crippen molar-refractivity contribution in [3.05, 3.63) is 104 Å². The van der Waals surface area contributed by atoms with Gasteiger partial charge in [-0.3, -0.25) is 24.6 Å². The van der Waals surface area contributed by atoms with Gasteiger partial charge in [0.15, 0.2) is 0 Å². The monoisotopic (exact) mass is 453 g/mol. The summed E-state index contributed by atoms with van der Waals surface area (Å²) in [6, 6.07) is 17.1. The number of nitro groups is 1. The van der Waals surface area contributed by atoms with Gasteiger partial charge in [-0.1, -0.05) is 41.9 Å². The van der Waals surface area contributed by atoms with Crippen LogP contribution in [0.1, 0.15) is 16.8 Å². The summed E-state index contributed by atoms with van der Waals surface area (Å²) in [5, 5.41) is 11.5.